The number of benzene rings is 7. The molecule has 3 aromatic heterocycles. The lowest BCUT2D eigenvalue weighted by molar-refractivity contribution is 0.669. The average molecular weight is 653 g/mol. The fourth-order valence-electron chi connectivity index (χ4n) is 6.25. The molecule has 0 saturated heterocycles. The van der Waals surface area contributed by atoms with Gasteiger partial charge in [-0.15, -0.1) is 0 Å². The molecular formula is C45H27N3O2. The quantitative estimate of drug-likeness (QED) is 0.185. The van der Waals surface area contributed by atoms with Gasteiger partial charge in [-0.3, -0.25) is 0 Å². The van der Waals surface area contributed by atoms with Gasteiger partial charge in [0.1, 0.15) is 22.3 Å². The summed E-state index contributed by atoms with van der Waals surface area (Å²) in [4.78, 5) is 14.6. The van der Waals surface area contributed by atoms with Gasteiger partial charge in [0.15, 0.2) is 17.5 Å². The molecule has 0 aliphatic heterocycles. The van der Waals surface area contributed by atoms with Gasteiger partial charge in [-0.1, -0.05) is 139 Å². The molecule has 10 aromatic rings. The highest BCUT2D eigenvalue weighted by atomic mass is 16.3. The van der Waals surface area contributed by atoms with E-state index in [-0.39, 0.29) is 50.5 Å². The van der Waals surface area contributed by atoms with Crippen molar-refractivity contribution in [1.29, 1.82) is 0 Å². The summed E-state index contributed by atoms with van der Waals surface area (Å²) < 4.78 is 109. The molecule has 10 rings (SSSR count). The average Bonchev–Trinajstić information content (AvgIpc) is 3.86. The van der Waals surface area contributed by atoms with E-state index in [4.69, 9.17) is 37.5 Å². The number of hydrogen-bond donors (Lipinski definition) is 0. The van der Waals surface area contributed by atoms with Crippen molar-refractivity contribution in [2.45, 2.75) is 0 Å². The van der Waals surface area contributed by atoms with Gasteiger partial charge >= 0.3 is 0 Å². The predicted octanol–water partition coefficient (Wildman–Crippen LogP) is 12.0. The van der Waals surface area contributed by atoms with E-state index in [0.717, 1.165) is 21.9 Å². The van der Waals surface area contributed by atoms with Crippen LogP contribution in [0.2, 0.25) is 0 Å². The largest absolute Gasteiger partial charge is 0.456 e. The summed E-state index contributed by atoms with van der Waals surface area (Å²) in [6.07, 6.45) is 0. The minimum absolute atomic E-state index is 0.0941. The molecule has 0 aliphatic carbocycles. The Balaban J connectivity index is 1.28. The maximum Gasteiger partial charge on any atom is 0.164 e. The molecule has 7 aromatic carbocycles. The zero-order valence-corrected chi connectivity index (χ0v) is 25.9. The van der Waals surface area contributed by atoms with Crippen LogP contribution < -0.4 is 0 Å². The topological polar surface area (TPSA) is 65.0 Å². The molecule has 0 fully saturated rings. The zero-order valence-electron chi connectivity index (χ0n) is 36.9. The van der Waals surface area contributed by atoms with Gasteiger partial charge in [-0.2, -0.15) is 0 Å². The highest BCUT2D eigenvalue weighted by molar-refractivity contribution is 6.15. The standard InChI is InChI=1S/C45H27N3O2/c1-3-11-28(12-4-1)29-21-23-31(24-22-29)43-46-44(32-25-26-35-34-15-7-8-19-38(34)49-40(35)27-32)48-45(47-43)37-18-10-20-39-41(37)36-17-9-16-33(42(36)50-39)30-13-5-2-6-14-30/h1-27H/i2D,5D,6D,9D,10D,13D,14D,16D,17D,18D,20D. The molecule has 5 nitrogen and oxygen atoms in total. The van der Waals surface area contributed by atoms with Crippen molar-refractivity contribution in [3.05, 3.63) is 164 Å². The SMILES string of the molecule is [2H]c1c([2H])c([2H])c(-c2c([2H])c([2H])c([2H])c3c2oc2c([2H])c([2H])c([2H])c(-c4nc(-c5ccc(-c6ccccc6)cc5)nc(-c5ccc6c(c5)oc5ccccc56)n4)c23)c([2H])c1[2H]. The van der Waals surface area contributed by atoms with Gasteiger partial charge < -0.3 is 8.83 Å². The summed E-state index contributed by atoms with van der Waals surface area (Å²) in [7, 11) is 0. The molecule has 0 radical (unpaired) electrons. The van der Waals surface area contributed by atoms with Crippen molar-refractivity contribution >= 4 is 43.9 Å². The van der Waals surface area contributed by atoms with E-state index in [2.05, 4.69) is 0 Å². The van der Waals surface area contributed by atoms with Crippen LogP contribution >= 0.6 is 0 Å². The van der Waals surface area contributed by atoms with E-state index in [1.165, 1.54) is 0 Å². The number of furan rings is 2. The fraction of sp³-hybridized carbons (Fsp3) is 0. The lowest BCUT2D eigenvalue weighted by Crippen LogP contribution is -2.00. The molecule has 0 bridgehead atoms. The van der Waals surface area contributed by atoms with E-state index in [1.807, 2.05) is 91.0 Å². The van der Waals surface area contributed by atoms with Crippen LogP contribution in [-0.2, 0) is 0 Å². The van der Waals surface area contributed by atoms with Gasteiger partial charge in [-0.05, 0) is 40.9 Å². The summed E-state index contributed by atoms with van der Waals surface area (Å²) in [5.41, 5.74) is 2.71. The number of para-hydroxylation sites is 2. The van der Waals surface area contributed by atoms with Crippen molar-refractivity contribution in [3.8, 4) is 56.4 Å². The first-order chi connectivity index (χ1) is 29.3. The number of aromatic nitrogens is 3. The maximum atomic E-state index is 9.31. The minimum Gasteiger partial charge on any atom is -0.456 e. The Morgan fingerprint density at radius 1 is 0.400 bits per heavy atom. The molecule has 0 N–H and O–H groups in total. The summed E-state index contributed by atoms with van der Waals surface area (Å²) in [6, 6.07) is 23.6. The second-order valence-corrected chi connectivity index (χ2v) is 11.6. The van der Waals surface area contributed by atoms with Gasteiger partial charge in [0.05, 0.1) is 15.1 Å². The van der Waals surface area contributed by atoms with Gasteiger partial charge in [0.2, 0.25) is 0 Å². The monoisotopic (exact) mass is 652 g/mol. The first-order valence-electron chi connectivity index (χ1n) is 21.2. The molecule has 0 unspecified atom stereocenters. The molecule has 234 valence electrons. The summed E-state index contributed by atoms with van der Waals surface area (Å²) in [5.74, 6) is 0.219. The smallest absolute Gasteiger partial charge is 0.164 e. The fourth-order valence-corrected chi connectivity index (χ4v) is 6.25. The van der Waals surface area contributed by atoms with E-state index in [1.54, 1.807) is 6.07 Å². The highest BCUT2D eigenvalue weighted by Crippen LogP contribution is 2.40. The molecule has 0 atom stereocenters. The van der Waals surface area contributed by atoms with Gasteiger partial charge in [-0.25, -0.2) is 15.0 Å². The molecule has 50 heavy (non-hydrogen) atoms. The summed E-state index contributed by atoms with van der Waals surface area (Å²) in [6.45, 7) is 0. The van der Waals surface area contributed by atoms with Crippen LogP contribution in [0.1, 0.15) is 15.1 Å². The lowest BCUT2D eigenvalue weighted by atomic mass is 10.0. The summed E-state index contributed by atoms with van der Waals surface area (Å²) in [5, 5.41) is 1.51. The van der Waals surface area contributed by atoms with Crippen LogP contribution in [0.3, 0.4) is 0 Å². The molecule has 3 heterocycles. The van der Waals surface area contributed by atoms with Crippen molar-refractivity contribution < 1.29 is 23.9 Å². The highest BCUT2D eigenvalue weighted by Gasteiger charge is 2.20. The van der Waals surface area contributed by atoms with Crippen molar-refractivity contribution in [2.75, 3.05) is 0 Å². The van der Waals surface area contributed by atoms with Crippen molar-refractivity contribution in [2.24, 2.45) is 0 Å². The van der Waals surface area contributed by atoms with Gasteiger partial charge in [0.25, 0.3) is 0 Å². The molecule has 0 saturated carbocycles. The second-order valence-electron chi connectivity index (χ2n) is 11.6. The van der Waals surface area contributed by atoms with Crippen LogP contribution in [0.5, 0.6) is 0 Å². The van der Waals surface area contributed by atoms with Crippen LogP contribution in [0.25, 0.3) is 100 Å². The van der Waals surface area contributed by atoms with Crippen molar-refractivity contribution in [1.82, 2.24) is 15.0 Å². The van der Waals surface area contributed by atoms with E-state index < -0.39 is 72.0 Å². The molecule has 5 heteroatoms. The Morgan fingerprint density at radius 3 is 1.92 bits per heavy atom. The lowest BCUT2D eigenvalue weighted by Gasteiger charge is -2.10. The van der Waals surface area contributed by atoms with Gasteiger partial charge in [0, 0.05) is 43.8 Å². The van der Waals surface area contributed by atoms with Crippen molar-refractivity contribution in [3.63, 3.8) is 0 Å². The molecule has 0 amide bonds. The number of rotatable bonds is 5. The first-order valence-corrected chi connectivity index (χ1v) is 15.7. The maximum absolute atomic E-state index is 9.31. The predicted molar refractivity (Wildman–Crippen MR) is 202 cm³/mol. The Morgan fingerprint density at radius 2 is 1.06 bits per heavy atom. The van der Waals surface area contributed by atoms with E-state index in [0.29, 0.717) is 22.3 Å². The second kappa shape index (κ2) is 11.4. The number of fused-ring (bicyclic) bond motifs is 6. The Hall–Kier alpha value is -6.85. The third-order valence-electron chi connectivity index (χ3n) is 8.62. The summed E-state index contributed by atoms with van der Waals surface area (Å²) >= 11 is 0. The normalized spacial score (nSPS) is 14.7. The molecule has 0 aliphatic rings. The molecular weight excluding hydrogens is 615 g/mol. The third kappa shape index (κ3) is 4.67. The van der Waals surface area contributed by atoms with E-state index in [9.17, 15) is 1.37 Å². The Labute approximate surface area is 302 Å². The van der Waals surface area contributed by atoms with Crippen LogP contribution in [0, 0.1) is 0 Å². The van der Waals surface area contributed by atoms with Crippen LogP contribution in [0.4, 0.5) is 0 Å². The third-order valence-corrected chi connectivity index (χ3v) is 8.62. The number of nitrogens with zero attached hydrogens (tertiary/aromatic N) is 3. The Bertz CT molecular complexity index is 3470. The molecule has 0 spiro atoms. The first kappa shape index (κ1) is 19.2. The van der Waals surface area contributed by atoms with Crippen LogP contribution in [0.15, 0.2) is 172 Å². The number of hydrogen-bond acceptors (Lipinski definition) is 5. The van der Waals surface area contributed by atoms with E-state index >= 15 is 0 Å². The Kier molecular flexibility index (Phi) is 4.38. The van der Waals surface area contributed by atoms with Crippen LogP contribution in [-0.4, -0.2) is 15.0 Å². The zero-order chi connectivity index (χ0) is 42.6. The minimum atomic E-state index is -0.687.